The predicted octanol–water partition coefficient (Wildman–Crippen LogP) is 0.987. The van der Waals surface area contributed by atoms with Crippen LogP contribution in [0.4, 0.5) is 5.69 Å². The maximum absolute atomic E-state index is 12.1. The molecule has 2 saturated heterocycles. The average Bonchev–Trinajstić information content (AvgIpc) is 3.26. The highest BCUT2D eigenvalue weighted by Crippen LogP contribution is 2.31. The Morgan fingerprint density at radius 1 is 1.15 bits per heavy atom. The van der Waals surface area contributed by atoms with Gasteiger partial charge in [-0.1, -0.05) is 6.07 Å². The Balaban J connectivity index is 1.18. The van der Waals surface area contributed by atoms with E-state index in [1.54, 1.807) is 7.11 Å². The van der Waals surface area contributed by atoms with Crippen LogP contribution in [0.15, 0.2) is 18.2 Å². The molecule has 5 rings (SSSR count). The number of carbonyl (C=O) groups is 2. The van der Waals surface area contributed by atoms with Crippen LogP contribution in [0.25, 0.3) is 0 Å². The normalized spacial score (nSPS) is 22.0. The first-order chi connectivity index (χ1) is 16.1. The Kier molecular flexibility index (Phi) is 6.28. The molecule has 1 atom stereocenters. The van der Waals surface area contributed by atoms with Gasteiger partial charge in [-0.2, -0.15) is 0 Å². The van der Waals surface area contributed by atoms with Gasteiger partial charge in [0, 0.05) is 32.0 Å². The first-order valence-electron chi connectivity index (χ1n) is 11.7. The van der Waals surface area contributed by atoms with E-state index in [1.165, 1.54) is 5.56 Å². The van der Waals surface area contributed by atoms with Crippen LogP contribution in [0.3, 0.4) is 0 Å². The second kappa shape index (κ2) is 9.48. The average molecular weight is 454 g/mol. The summed E-state index contributed by atoms with van der Waals surface area (Å²) in [6.07, 6.45) is 2.99. The van der Waals surface area contributed by atoms with Crippen molar-refractivity contribution in [2.45, 2.75) is 57.3 Å². The molecule has 1 aromatic heterocycles. The number of rotatable bonds is 6. The molecule has 10 heteroatoms. The fourth-order valence-electron chi connectivity index (χ4n) is 5.00. The Hall–Kier alpha value is -2.98. The second-order valence-corrected chi connectivity index (χ2v) is 9.04. The van der Waals surface area contributed by atoms with Crippen LogP contribution < -0.4 is 20.7 Å². The van der Waals surface area contributed by atoms with Gasteiger partial charge in [-0.05, 0) is 50.0 Å². The van der Waals surface area contributed by atoms with Crippen LogP contribution in [-0.4, -0.2) is 64.3 Å². The Morgan fingerprint density at radius 2 is 2.00 bits per heavy atom. The Labute approximate surface area is 193 Å². The summed E-state index contributed by atoms with van der Waals surface area (Å²) in [4.78, 5) is 25.9. The van der Waals surface area contributed by atoms with Crippen LogP contribution in [-0.2, 0) is 29.2 Å². The summed E-state index contributed by atoms with van der Waals surface area (Å²) in [6, 6.07) is 5.63. The Bertz CT molecular complexity index is 1030. The number of nitrogens with zero attached hydrogens (tertiary/aromatic N) is 4. The third-order valence-electron chi connectivity index (χ3n) is 6.85. The fourth-order valence-corrected chi connectivity index (χ4v) is 5.00. The maximum Gasteiger partial charge on any atom is 0.249 e. The summed E-state index contributed by atoms with van der Waals surface area (Å²) in [5, 5.41) is 17.8. The van der Waals surface area contributed by atoms with Crippen LogP contribution in [0.2, 0.25) is 0 Å². The minimum absolute atomic E-state index is 0.218. The molecule has 3 aliphatic heterocycles. The molecule has 0 radical (unpaired) electrons. The number of piperidine rings is 2. The van der Waals surface area contributed by atoms with E-state index in [-0.39, 0.29) is 11.8 Å². The molecule has 0 saturated carbocycles. The lowest BCUT2D eigenvalue weighted by Gasteiger charge is -2.32. The van der Waals surface area contributed by atoms with Gasteiger partial charge in [0.05, 0.1) is 19.3 Å². The minimum atomic E-state index is -0.430. The van der Waals surface area contributed by atoms with Crippen LogP contribution in [0.1, 0.15) is 48.8 Å². The maximum atomic E-state index is 12.1. The van der Waals surface area contributed by atoms with Crippen molar-refractivity contribution in [3.05, 3.63) is 35.4 Å². The molecule has 3 N–H and O–H groups in total. The molecule has 1 unspecified atom stereocenters. The highest BCUT2D eigenvalue weighted by molar-refractivity contribution is 6.01. The van der Waals surface area contributed by atoms with Crippen LogP contribution in [0.5, 0.6) is 5.75 Å². The van der Waals surface area contributed by atoms with Gasteiger partial charge in [0.25, 0.3) is 0 Å². The highest BCUT2D eigenvalue weighted by atomic mass is 16.5. The van der Waals surface area contributed by atoms with Crippen molar-refractivity contribution in [2.75, 3.05) is 32.1 Å². The van der Waals surface area contributed by atoms with Crippen molar-refractivity contribution in [3.8, 4) is 5.75 Å². The summed E-state index contributed by atoms with van der Waals surface area (Å²) in [7, 11) is 1.63. The first-order valence-corrected chi connectivity index (χ1v) is 11.7. The molecule has 10 nitrogen and oxygen atoms in total. The van der Waals surface area contributed by atoms with E-state index in [2.05, 4.69) is 41.7 Å². The fraction of sp³-hybridized carbons (Fsp3) is 0.565. The topological polar surface area (TPSA) is 113 Å². The molecule has 0 aliphatic carbocycles. The largest absolute Gasteiger partial charge is 0.495 e. The molecule has 2 fully saturated rings. The number of anilines is 1. The van der Waals surface area contributed by atoms with Gasteiger partial charge in [-0.3, -0.25) is 19.8 Å². The van der Waals surface area contributed by atoms with Gasteiger partial charge in [0.15, 0.2) is 0 Å². The quantitative estimate of drug-likeness (QED) is 0.555. The van der Waals surface area contributed by atoms with Gasteiger partial charge in [0.1, 0.15) is 23.4 Å². The van der Waals surface area contributed by atoms with Crippen LogP contribution >= 0.6 is 0 Å². The molecule has 4 heterocycles. The number of likely N-dealkylation sites (tertiary alicyclic amines) is 1. The number of methoxy groups -OCH3 is 1. The van der Waals surface area contributed by atoms with E-state index in [9.17, 15) is 9.59 Å². The van der Waals surface area contributed by atoms with E-state index in [4.69, 9.17) is 4.74 Å². The second-order valence-electron chi connectivity index (χ2n) is 9.04. The summed E-state index contributed by atoms with van der Waals surface area (Å²) in [6.45, 7) is 5.63. The number of hydrogen-bond acceptors (Lipinski definition) is 8. The molecular weight excluding hydrogens is 422 g/mol. The molecule has 1 aromatic carbocycles. The van der Waals surface area contributed by atoms with Crippen molar-refractivity contribution < 1.29 is 14.3 Å². The summed E-state index contributed by atoms with van der Waals surface area (Å²) in [5.41, 5.74) is 1.94. The first kappa shape index (κ1) is 21.8. The third-order valence-corrected chi connectivity index (χ3v) is 6.85. The molecule has 2 aromatic rings. The zero-order valence-electron chi connectivity index (χ0n) is 19.0. The van der Waals surface area contributed by atoms with Gasteiger partial charge >= 0.3 is 0 Å². The van der Waals surface area contributed by atoms with E-state index >= 15 is 0 Å². The SMILES string of the molecule is COc1cc(CN2CCC(c3nnc4n3CCNC4)CC2)ccc1NC1CCC(=O)NC1=O. The van der Waals surface area contributed by atoms with Crippen molar-refractivity contribution >= 4 is 17.5 Å². The summed E-state index contributed by atoms with van der Waals surface area (Å²) < 4.78 is 7.89. The van der Waals surface area contributed by atoms with E-state index in [0.29, 0.717) is 24.5 Å². The van der Waals surface area contributed by atoms with Crippen molar-refractivity contribution in [3.63, 3.8) is 0 Å². The lowest BCUT2D eigenvalue weighted by Crippen LogP contribution is -2.47. The number of fused-ring (bicyclic) bond motifs is 1. The van der Waals surface area contributed by atoms with E-state index in [1.807, 2.05) is 12.1 Å². The standard InChI is InChI=1S/C23H31N7O3/c1-33-19-12-15(2-3-17(19)25-18-4-5-21(31)26-23(18)32)14-29-9-6-16(7-10-29)22-28-27-20-13-24-8-11-30(20)22/h2-3,12,16,18,24-25H,4-11,13-14H2,1H3,(H,26,31,32). The van der Waals surface area contributed by atoms with Crippen LogP contribution in [0, 0.1) is 0 Å². The zero-order chi connectivity index (χ0) is 22.8. The number of amides is 2. The number of aromatic nitrogens is 3. The number of hydrogen-bond donors (Lipinski definition) is 3. The van der Waals surface area contributed by atoms with Gasteiger partial charge in [-0.25, -0.2) is 0 Å². The molecule has 3 aliphatic rings. The summed E-state index contributed by atoms with van der Waals surface area (Å²) >= 11 is 0. The number of imide groups is 1. The zero-order valence-corrected chi connectivity index (χ0v) is 19.0. The lowest BCUT2D eigenvalue weighted by molar-refractivity contribution is -0.133. The number of benzene rings is 1. The Morgan fingerprint density at radius 3 is 2.79 bits per heavy atom. The highest BCUT2D eigenvalue weighted by Gasteiger charge is 2.28. The number of ether oxygens (including phenoxy) is 1. The number of nitrogens with one attached hydrogen (secondary N) is 3. The van der Waals surface area contributed by atoms with E-state index < -0.39 is 6.04 Å². The van der Waals surface area contributed by atoms with Crippen molar-refractivity contribution in [1.29, 1.82) is 0 Å². The molecule has 176 valence electrons. The molecule has 0 spiro atoms. The predicted molar refractivity (Wildman–Crippen MR) is 122 cm³/mol. The molecule has 0 bridgehead atoms. The van der Waals surface area contributed by atoms with Gasteiger partial charge in [0.2, 0.25) is 11.8 Å². The summed E-state index contributed by atoms with van der Waals surface area (Å²) in [5.74, 6) is 2.87. The lowest BCUT2D eigenvalue weighted by atomic mass is 9.95. The van der Waals surface area contributed by atoms with E-state index in [0.717, 1.165) is 69.4 Å². The van der Waals surface area contributed by atoms with Gasteiger partial charge in [-0.15, -0.1) is 10.2 Å². The van der Waals surface area contributed by atoms with Crippen molar-refractivity contribution in [1.82, 2.24) is 30.3 Å². The van der Waals surface area contributed by atoms with Crippen molar-refractivity contribution in [2.24, 2.45) is 0 Å². The third kappa shape index (κ3) is 4.72. The molecule has 33 heavy (non-hydrogen) atoms. The smallest absolute Gasteiger partial charge is 0.249 e. The monoisotopic (exact) mass is 453 g/mol. The molecular formula is C23H31N7O3. The minimum Gasteiger partial charge on any atom is -0.495 e. The number of carbonyl (C=O) groups excluding carboxylic acids is 2. The van der Waals surface area contributed by atoms with Gasteiger partial charge < -0.3 is 19.9 Å². The molecule has 2 amide bonds.